The van der Waals surface area contributed by atoms with Crippen LogP contribution in [0.4, 0.5) is 0 Å². The monoisotopic (exact) mass is 251 g/mol. The molecule has 0 aromatic heterocycles. The van der Waals surface area contributed by atoms with Crippen LogP contribution in [-0.2, 0) is 36.5 Å². The molecular weight excluding hydrogens is 251 g/mol. The molecule has 0 aliphatic rings. The van der Waals surface area contributed by atoms with E-state index in [-0.39, 0.29) is 46.9 Å². The molecule has 0 bridgehead atoms. The molecule has 14 heavy (non-hydrogen) atoms. The summed E-state index contributed by atoms with van der Waals surface area (Å²) in [4.78, 5) is 35.7. The van der Waals surface area contributed by atoms with Crippen LogP contribution in [-0.4, -0.2) is 23.9 Å². The first-order valence-corrected chi connectivity index (χ1v) is 2.13. The van der Waals surface area contributed by atoms with Crippen molar-refractivity contribution in [3.8, 4) is 0 Å². The van der Waals surface area contributed by atoms with Crippen molar-refractivity contribution in [3.63, 3.8) is 0 Å². The van der Waals surface area contributed by atoms with Gasteiger partial charge < -0.3 is 39.6 Å². The van der Waals surface area contributed by atoms with Crippen LogP contribution < -0.4 is 50.0 Å². The van der Waals surface area contributed by atoms with Gasteiger partial charge in [0.2, 0.25) is 0 Å². The number of rotatable bonds is 0. The van der Waals surface area contributed by atoms with Crippen molar-refractivity contribution in [2.75, 3.05) is 0 Å². The molecule has 0 spiro atoms. The van der Waals surface area contributed by atoms with Gasteiger partial charge in [-0.2, -0.15) is 0 Å². The van der Waals surface area contributed by atoms with Gasteiger partial charge in [-0.25, -0.2) is 0 Å². The summed E-state index contributed by atoms with van der Waals surface area (Å²) in [5.74, 6) is -8.74. The second-order valence-corrected chi connectivity index (χ2v) is 1.15. The second-order valence-electron chi connectivity index (χ2n) is 1.15. The fourth-order valence-corrected chi connectivity index (χ4v) is 0. The standard InChI is InChI=1S/2C2H2O4.Cr.Na/c2*3-1(4)2(5)6;;/h2*(H,3,4)(H,5,6);;/q;;+3;+1/p-4. The SMILES string of the molecule is O=C([O-])C(=O)[O-].O=C([O-])C(=O)[O-].[Cr+3].[Na+]. The second kappa shape index (κ2) is 12.4. The maximum Gasteiger partial charge on any atom is 3.00 e. The molecule has 0 aliphatic carbocycles. The van der Waals surface area contributed by atoms with Crippen LogP contribution in [0.3, 0.4) is 0 Å². The van der Waals surface area contributed by atoms with Crippen molar-refractivity contribution in [2.24, 2.45) is 0 Å². The van der Waals surface area contributed by atoms with Crippen molar-refractivity contribution in [2.45, 2.75) is 0 Å². The van der Waals surface area contributed by atoms with Crippen LogP contribution in [0, 0.1) is 0 Å². The topological polar surface area (TPSA) is 161 Å². The van der Waals surface area contributed by atoms with Gasteiger partial charge in [-0.1, -0.05) is 0 Å². The molecule has 0 fully saturated rings. The summed E-state index contributed by atoms with van der Waals surface area (Å²) in [6.07, 6.45) is 0. The zero-order chi connectivity index (χ0) is 10.3. The Labute approximate surface area is 110 Å². The minimum atomic E-state index is -2.19. The van der Waals surface area contributed by atoms with Gasteiger partial charge in [-0.15, -0.1) is 0 Å². The van der Waals surface area contributed by atoms with Gasteiger partial charge in [-0.3, -0.25) is 0 Å². The molecule has 0 rings (SSSR count). The van der Waals surface area contributed by atoms with E-state index in [4.69, 9.17) is 39.6 Å². The summed E-state index contributed by atoms with van der Waals surface area (Å²) < 4.78 is 0. The number of carbonyl (C=O) groups excluding carboxylic acids is 4. The molecule has 0 unspecified atom stereocenters. The predicted molar refractivity (Wildman–Crippen MR) is 20.0 cm³/mol. The van der Waals surface area contributed by atoms with Gasteiger partial charge in [0.15, 0.2) is 0 Å². The van der Waals surface area contributed by atoms with Crippen molar-refractivity contribution >= 4 is 23.9 Å². The van der Waals surface area contributed by atoms with E-state index in [9.17, 15) is 0 Å². The fourth-order valence-electron chi connectivity index (χ4n) is 0. The molecule has 0 N–H and O–H groups in total. The Morgan fingerprint density at radius 1 is 0.571 bits per heavy atom. The van der Waals surface area contributed by atoms with E-state index in [0.29, 0.717) is 0 Å². The van der Waals surface area contributed by atoms with E-state index in [1.54, 1.807) is 0 Å². The zero-order valence-electron chi connectivity index (χ0n) is 6.67. The van der Waals surface area contributed by atoms with E-state index in [2.05, 4.69) is 0 Å². The molecule has 0 saturated heterocycles. The van der Waals surface area contributed by atoms with Crippen molar-refractivity contribution in [3.05, 3.63) is 0 Å². The van der Waals surface area contributed by atoms with Crippen LogP contribution in [0.5, 0.6) is 0 Å². The predicted octanol–water partition coefficient (Wildman–Crippen LogP) is -10.0. The zero-order valence-corrected chi connectivity index (χ0v) is 9.95. The van der Waals surface area contributed by atoms with Gasteiger partial charge >= 0.3 is 46.9 Å². The van der Waals surface area contributed by atoms with E-state index >= 15 is 0 Å². The molecule has 10 heteroatoms. The van der Waals surface area contributed by atoms with Crippen LogP contribution in [0.1, 0.15) is 0 Å². The van der Waals surface area contributed by atoms with Crippen LogP contribution >= 0.6 is 0 Å². The van der Waals surface area contributed by atoms with Gasteiger partial charge in [0.1, 0.15) is 0 Å². The van der Waals surface area contributed by atoms with Crippen molar-refractivity contribution in [1.29, 1.82) is 0 Å². The third-order valence-electron chi connectivity index (χ3n) is 0.333. The molecule has 0 saturated carbocycles. The van der Waals surface area contributed by atoms with Crippen LogP contribution in [0.25, 0.3) is 0 Å². The Morgan fingerprint density at radius 2 is 0.643 bits per heavy atom. The van der Waals surface area contributed by atoms with E-state index in [1.807, 2.05) is 0 Å². The van der Waals surface area contributed by atoms with E-state index < -0.39 is 23.9 Å². The number of aliphatic carboxylic acids is 4. The average molecular weight is 251 g/mol. The number of carboxylic acid groups (broad SMARTS) is 4. The summed E-state index contributed by atoms with van der Waals surface area (Å²) in [6, 6.07) is 0. The first kappa shape index (κ1) is 23.3. The molecule has 0 aromatic rings. The maximum atomic E-state index is 8.93. The van der Waals surface area contributed by atoms with Crippen LogP contribution in [0.2, 0.25) is 0 Å². The van der Waals surface area contributed by atoms with Crippen LogP contribution in [0.15, 0.2) is 0 Å². The summed E-state index contributed by atoms with van der Waals surface area (Å²) in [7, 11) is 0. The molecule has 0 aliphatic heterocycles. The summed E-state index contributed by atoms with van der Waals surface area (Å²) in [6.45, 7) is 0. The first-order valence-electron chi connectivity index (χ1n) is 2.13. The average Bonchev–Trinajstić information content (AvgIpc) is 1.88. The summed E-state index contributed by atoms with van der Waals surface area (Å²) in [5, 5.41) is 35.7. The van der Waals surface area contributed by atoms with E-state index in [1.165, 1.54) is 0 Å². The Morgan fingerprint density at radius 3 is 0.643 bits per heavy atom. The first-order chi connectivity index (χ1) is 5.29. The minimum absolute atomic E-state index is 0. The molecule has 0 aromatic carbocycles. The number of hydrogen-bond acceptors (Lipinski definition) is 8. The Kier molecular flexibility index (Phi) is 20.7. The number of carboxylic acids is 4. The largest absolute Gasteiger partial charge is 3.00 e. The van der Waals surface area contributed by atoms with Gasteiger partial charge in [0, 0.05) is 0 Å². The quantitative estimate of drug-likeness (QED) is 0.302. The minimum Gasteiger partial charge on any atom is -0.543 e. The Hall–Kier alpha value is -0.588. The normalized spacial score (nSPS) is 6.29. The Bertz CT molecular complexity index is 177. The number of carbonyl (C=O) groups is 4. The number of hydrogen-bond donors (Lipinski definition) is 0. The van der Waals surface area contributed by atoms with Crippen molar-refractivity contribution in [1.82, 2.24) is 0 Å². The van der Waals surface area contributed by atoms with Crippen molar-refractivity contribution < 1.29 is 86.5 Å². The smallest absolute Gasteiger partial charge is 0.543 e. The van der Waals surface area contributed by atoms with Gasteiger partial charge in [-0.05, 0) is 0 Å². The third kappa shape index (κ3) is 22.5. The third-order valence-corrected chi connectivity index (χ3v) is 0.333. The summed E-state index contributed by atoms with van der Waals surface area (Å²) in [5.41, 5.74) is 0. The molecular formula is C4CrNaO8. The van der Waals surface area contributed by atoms with Gasteiger partial charge in [0.25, 0.3) is 0 Å². The van der Waals surface area contributed by atoms with E-state index in [0.717, 1.165) is 0 Å². The molecule has 1 radical (unpaired) electrons. The summed E-state index contributed by atoms with van der Waals surface area (Å²) >= 11 is 0. The van der Waals surface area contributed by atoms with Gasteiger partial charge in [0.05, 0.1) is 23.9 Å². The fraction of sp³-hybridized carbons (Fsp3) is 0. The molecule has 71 valence electrons. The molecule has 0 heterocycles. The molecule has 8 nitrogen and oxygen atoms in total. The Balaban J connectivity index is -0.0000000625. The molecule has 0 amide bonds. The maximum absolute atomic E-state index is 8.93. The molecule has 0 atom stereocenters.